The van der Waals surface area contributed by atoms with E-state index in [4.69, 9.17) is 4.74 Å². The Morgan fingerprint density at radius 3 is 2.08 bits per heavy atom. The number of rotatable bonds is 4. The van der Waals surface area contributed by atoms with Crippen molar-refractivity contribution in [2.24, 2.45) is 0 Å². The van der Waals surface area contributed by atoms with Crippen LogP contribution in [0.15, 0.2) is 28.0 Å². The molecular formula is C14H15NO8S2. The number of amides is 1. The summed E-state index contributed by atoms with van der Waals surface area (Å²) in [6.45, 7) is 2.58. The van der Waals surface area contributed by atoms with Crippen LogP contribution in [-0.2, 0) is 25.0 Å². The number of benzene rings is 2. The third kappa shape index (κ3) is 3.58. The zero-order chi connectivity index (χ0) is 19.2. The predicted molar refractivity (Wildman–Crippen MR) is 89.2 cm³/mol. The average molecular weight is 389 g/mol. The Morgan fingerprint density at radius 1 is 1.08 bits per heavy atom. The number of carbonyl (C=O) groups is 1. The third-order valence-corrected chi connectivity index (χ3v) is 5.38. The highest BCUT2D eigenvalue weighted by Gasteiger charge is 2.25. The second-order valence-corrected chi connectivity index (χ2v) is 7.98. The Bertz CT molecular complexity index is 1090. The van der Waals surface area contributed by atoms with E-state index in [1.54, 1.807) is 0 Å². The predicted octanol–water partition coefficient (Wildman–Crippen LogP) is 1.61. The summed E-state index contributed by atoms with van der Waals surface area (Å²) in [6.07, 6.45) is 0. The lowest BCUT2D eigenvalue weighted by atomic mass is 10.0. The minimum Gasteiger partial charge on any atom is -0.496 e. The largest absolute Gasteiger partial charge is 0.496 e. The number of methoxy groups -OCH3 is 1. The zero-order valence-corrected chi connectivity index (χ0v) is 15.0. The SMILES string of the molecule is COc1c(C)c(S(=O)(=O)O)cc2c(S(=O)(=O)O)ccc(NC(C)=O)c12. The molecule has 0 spiro atoms. The van der Waals surface area contributed by atoms with Crippen molar-refractivity contribution in [2.45, 2.75) is 23.6 Å². The lowest BCUT2D eigenvalue weighted by molar-refractivity contribution is -0.114. The van der Waals surface area contributed by atoms with Crippen LogP contribution in [0.1, 0.15) is 12.5 Å². The molecule has 2 aromatic carbocycles. The molecule has 0 saturated heterocycles. The summed E-state index contributed by atoms with van der Waals surface area (Å²) in [4.78, 5) is 10.2. The lowest BCUT2D eigenvalue weighted by Crippen LogP contribution is -2.10. The minimum atomic E-state index is -4.72. The molecule has 0 aliphatic carbocycles. The van der Waals surface area contributed by atoms with E-state index in [2.05, 4.69) is 5.32 Å². The third-order valence-electron chi connectivity index (χ3n) is 3.49. The highest BCUT2D eigenvalue weighted by atomic mass is 32.2. The first-order valence-electron chi connectivity index (χ1n) is 6.74. The average Bonchev–Trinajstić information content (AvgIpc) is 2.44. The highest BCUT2D eigenvalue weighted by molar-refractivity contribution is 7.86. The number of fused-ring (bicyclic) bond motifs is 1. The Labute approximate surface area is 144 Å². The van der Waals surface area contributed by atoms with Crippen molar-refractivity contribution < 1.29 is 35.5 Å². The van der Waals surface area contributed by atoms with E-state index in [-0.39, 0.29) is 27.8 Å². The first-order valence-corrected chi connectivity index (χ1v) is 9.62. The summed E-state index contributed by atoms with van der Waals surface area (Å²) < 4.78 is 70.5. The number of ether oxygens (including phenoxy) is 1. The quantitative estimate of drug-likeness (QED) is 0.668. The van der Waals surface area contributed by atoms with E-state index in [9.17, 15) is 30.7 Å². The van der Waals surface area contributed by atoms with Gasteiger partial charge < -0.3 is 10.1 Å². The zero-order valence-electron chi connectivity index (χ0n) is 13.4. The molecule has 0 saturated carbocycles. The summed E-state index contributed by atoms with van der Waals surface area (Å²) in [5, 5.41) is 2.31. The van der Waals surface area contributed by atoms with Gasteiger partial charge in [0.25, 0.3) is 20.2 Å². The molecule has 136 valence electrons. The van der Waals surface area contributed by atoms with Crippen molar-refractivity contribution in [1.82, 2.24) is 0 Å². The molecule has 0 radical (unpaired) electrons. The van der Waals surface area contributed by atoms with Gasteiger partial charge in [-0.15, -0.1) is 0 Å². The summed E-state index contributed by atoms with van der Waals surface area (Å²) in [5.74, 6) is -0.529. The molecule has 0 aromatic heterocycles. The fourth-order valence-corrected chi connectivity index (χ4v) is 3.99. The van der Waals surface area contributed by atoms with Crippen LogP contribution >= 0.6 is 0 Å². The maximum atomic E-state index is 11.6. The summed E-state index contributed by atoms with van der Waals surface area (Å²) in [5.41, 5.74) is 0.160. The normalized spacial score (nSPS) is 12.2. The molecule has 3 N–H and O–H groups in total. The molecule has 0 atom stereocenters. The molecule has 25 heavy (non-hydrogen) atoms. The smallest absolute Gasteiger partial charge is 0.295 e. The maximum absolute atomic E-state index is 11.6. The summed E-state index contributed by atoms with van der Waals surface area (Å²) in [7, 11) is -8.20. The van der Waals surface area contributed by atoms with Gasteiger partial charge in [0.05, 0.1) is 12.8 Å². The standard InChI is InChI=1S/C14H15NO8S2/c1-7-12(25(20,21)22)6-9-11(24(17,18)19)5-4-10(15-8(2)16)13(9)14(7)23-3/h4-6H,1-3H3,(H,15,16)(H,17,18,19)(H,20,21,22). The van der Waals surface area contributed by atoms with E-state index >= 15 is 0 Å². The van der Waals surface area contributed by atoms with Crippen LogP contribution in [0.25, 0.3) is 10.8 Å². The van der Waals surface area contributed by atoms with E-state index in [0.717, 1.165) is 12.1 Å². The van der Waals surface area contributed by atoms with Crippen molar-refractivity contribution in [3.8, 4) is 5.75 Å². The monoisotopic (exact) mass is 389 g/mol. The number of carbonyl (C=O) groups excluding carboxylic acids is 1. The van der Waals surface area contributed by atoms with Crippen LogP contribution in [0, 0.1) is 6.92 Å². The molecule has 0 aliphatic rings. The second-order valence-electron chi connectivity index (χ2n) is 5.20. The molecule has 0 aliphatic heterocycles. The van der Waals surface area contributed by atoms with Crippen LogP contribution in [-0.4, -0.2) is 39.0 Å². The molecule has 1 amide bonds. The van der Waals surface area contributed by atoms with Gasteiger partial charge in [0.1, 0.15) is 15.5 Å². The van der Waals surface area contributed by atoms with Gasteiger partial charge in [-0.3, -0.25) is 13.9 Å². The summed E-state index contributed by atoms with van der Waals surface area (Å²) >= 11 is 0. The highest BCUT2D eigenvalue weighted by Crippen LogP contribution is 2.41. The first-order chi connectivity index (χ1) is 11.4. The van der Waals surface area contributed by atoms with Gasteiger partial charge in [-0.2, -0.15) is 16.8 Å². The molecule has 0 heterocycles. The van der Waals surface area contributed by atoms with Crippen molar-refractivity contribution in [1.29, 1.82) is 0 Å². The molecular weight excluding hydrogens is 374 g/mol. The van der Waals surface area contributed by atoms with Gasteiger partial charge in [-0.1, -0.05) is 0 Å². The van der Waals surface area contributed by atoms with Crippen LogP contribution in [0.3, 0.4) is 0 Å². The molecule has 11 heteroatoms. The second kappa shape index (κ2) is 6.26. The fraction of sp³-hybridized carbons (Fsp3) is 0.214. The van der Waals surface area contributed by atoms with Crippen LogP contribution < -0.4 is 10.1 Å². The molecule has 9 nitrogen and oxygen atoms in total. The van der Waals surface area contributed by atoms with E-state index < -0.39 is 35.9 Å². The van der Waals surface area contributed by atoms with Gasteiger partial charge >= 0.3 is 0 Å². The van der Waals surface area contributed by atoms with Gasteiger partial charge in [0.2, 0.25) is 5.91 Å². The van der Waals surface area contributed by atoms with E-state index in [0.29, 0.717) is 0 Å². The molecule has 0 bridgehead atoms. The Balaban J connectivity index is 3.16. The van der Waals surface area contributed by atoms with Gasteiger partial charge in [-0.05, 0) is 25.1 Å². The molecule has 2 rings (SSSR count). The van der Waals surface area contributed by atoms with Crippen molar-refractivity contribution in [3.05, 3.63) is 23.8 Å². The topological polar surface area (TPSA) is 147 Å². The Morgan fingerprint density at radius 2 is 1.64 bits per heavy atom. The van der Waals surface area contributed by atoms with E-state index in [1.807, 2.05) is 0 Å². The van der Waals surface area contributed by atoms with Gasteiger partial charge in [-0.25, -0.2) is 0 Å². The minimum absolute atomic E-state index is 0.0107. The maximum Gasteiger partial charge on any atom is 0.295 e. The first kappa shape index (κ1) is 19.1. The summed E-state index contributed by atoms with van der Waals surface area (Å²) in [6, 6.07) is 3.14. The van der Waals surface area contributed by atoms with Crippen molar-refractivity contribution in [3.63, 3.8) is 0 Å². The van der Waals surface area contributed by atoms with Crippen molar-refractivity contribution >= 4 is 42.6 Å². The van der Waals surface area contributed by atoms with Crippen LogP contribution in [0.2, 0.25) is 0 Å². The fourth-order valence-electron chi connectivity index (χ4n) is 2.57. The van der Waals surface area contributed by atoms with Crippen LogP contribution in [0.5, 0.6) is 5.75 Å². The van der Waals surface area contributed by atoms with Crippen LogP contribution in [0.4, 0.5) is 5.69 Å². The number of hydrogen-bond acceptors (Lipinski definition) is 6. The van der Waals surface area contributed by atoms with E-state index in [1.165, 1.54) is 27.0 Å². The molecule has 0 unspecified atom stereocenters. The van der Waals surface area contributed by atoms with Gasteiger partial charge in [0.15, 0.2) is 0 Å². The number of anilines is 1. The van der Waals surface area contributed by atoms with Crippen molar-refractivity contribution in [2.75, 3.05) is 12.4 Å². The molecule has 0 fully saturated rings. The lowest BCUT2D eigenvalue weighted by Gasteiger charge is -2.17. The van der Waals surface area contributed by atoms with Gasteiger partial charge in [0, 0.05) is 23.3 Å². The molecule has 2 aromatic rings. The Kier molecular flexibility index (Phi) is 4.79. The Hall–Kier alpha value is -2.21. The number of hydrogen-bond donors (Lipinski definition) is 3. The number of nitrogens with one attached hydrogen (secondary N) is 1.